The predicted octanol–water partition coefficient (Wildman–Crippen LogP) is 6.56. The number of nitrogens with zero attached hydrogens (tertiary/aromatic N) is 1. The van der Waals surface area contributed by atoms with E-state index in [0.717, 1.165) is 53.5 Å². The largest absolute Gasteiger partial charge is 0.371 e. The summed E-state index contributed by atoms with van der Waals surface area (Å²) in [5.74, 6) is -1.00. The van der Waals surface area contributed by atoms with Gasteiger partial charge in [0.2, 0.25) is 9.84 Å². The Labute approximate surface area is 245 Å². The number of nitrogens with one attached hydrogen (secondary N) is 1. The molecule has 218 valence electrons. The Morgan fingerprint density at radius 1 is 0.976 bits per heavy atom. The Balaban J connectivity index is 1.84. The Morgan fingerprint density at radius 3 is 2.22 bits per heavy atom. The molecule has 3 aromatic rings. The average molecular weight is 597 g/mol. The average Bonchev–Trinajstić information content (AvgIpc) is 3.57. The van der Waals surface area contributed by atoms with Gasteiger partial charge in [-0.05, 0) is 77.2 Å². The van der Waals surface area contributed by atoms with E-state index >= 15 is 0 Å². The number of benzene rings is 2. The van der Waals surface area contributed by atoms with E-state index in [-0.39, 0.29) is 11.5 Å². The van der Waals surface area contributed by atoms with E-state index in [1.807, 2.05) is 31.2 Å². The van der Waals surface area contributed by atoms with Crippen LogP contribution < -0.4 is 5.48 Å². The monoisotopic (exact) mass is 596 g/mol. The third-order valence-corrected chi connectivity index (χ3v) is 10.4. The first-order valence-electron chi connectivity index (χ1n) is 13.8. The molecule has 8 nitrogen and oxygen atoms in total. The molecule has 0 saturated carbocycles. The van der Waals surface area contributed by atoms with Crippen LogP contribution in [0.3, 0.4) is 0 Å². The highest BCUT2D eigenvalue weighted by Crippen LogP contribution is 2.54. The number of hydroxylamine groups is 1. The maximum atomic E-state index is 13.5. The quantitative estimate of drug-likeness (QED) is 0.143. The van der Waals surface area contributed by atoms with Crippen LogP contribution in [0.4, 0.5) is 0 Å². The fourth-order valence-electron chi connectivity index (χ4n) is 5.71. The number of carbonyl (C=O) groups excluding carboxylic acids is 2. The number of sulfone groups is 1. The third kappa shape index (κ3) is 6.29. The lowest BCUT2D eigenvalue weighted by Crippen LogP contribution is -2.31. The van der Waals surface area contributed by atoms with Gasteiger partial charge in [0.25, 0.3) is 0 Å². The van der Waals surface area contributed by atoms with Gasteiger partial charge in [0.05, 0.1) is 10.6 Å². The van der Waals surface area contributed by atoms with E-state index in [0.29, 0.717) is 21.2 Å². The van der Waals surface area contributed by atoms with Crippen molar-refractivity contribution in [3.63, 3.8) is 0 Å². The molecule has 41 heavy (non-hydrogen) atoms. The van der Waals surface area contributed by atoms with Crippen molar-refractivity contribution in [2.75, 3.05) is 0 Å². The molecule has 0 bridgehead atoms. The van der Waals surface area contributed by atoms with Crippen LogP contribution in [0.5, 0.6) is 0 Å². The summed E-state index contributed by atoms with van der Waals surface area (Å²) >= 11 is 1.22. The molecule has 1 heterocycles. The molecule has 1 unspecified atom stereocenters. The smallest absolute Gasteiger partial charge is 0.331 e. The zero-order valence-electron chi connectivity index (χ0n) is 24.0. The molecular formula is C31H36N2O6S2. The summed E-state index contributed by atoms with van der Waals surface area (Å²) in [6.45, 7) is 8.71. The minimum Gasteiger partial charge on any atom is -0.371 e. The second-order valence-corrected chi connectivity index (χ2v) is 13.5. The van der Waals surface area contributed by atoms with Crippen LogP contribution in [0.1, 0.15) is 83.4 Å². The van der Waals surface area contributed by atoms with Crippen molar-refractivity contribution >= 4 is 38.8 Å². The molecule has 0 radical (unpaired) electrons. The Bertz CT molecular complexity index is 1560. The molecule has 0 amide bonds. The molecule has 1 aliphatic carbocycles. The van der Waals surface area contributed by atoms with Crippen molar-refractivity contribution in [2.45, 2.75) is 87.3 Å². The van der Waals surface area contributed by atoms with Gasteiger partial charge < -0.3 is 9.68 Å². The summed E-state index contributed by atoms with van der Waals surface area (Å²) in [7, 11) is -3.64. The van der Waals surface area contributed by atoms with Crippen molar-refractivity contribution in [3.8, 4) is 11.1 Å². The van der Waals surface area contributed by atoms with E-state index in [9.17, 15) is 18.0 Å². The highest BCUT2D eigenvalue weighted by atomic mass is 32.2. The number of fused-ring (bicyclic) bond motifs is 3. The fraction of sp³-hybridized carbons (Fsp3) is 0.387. The van der Waals surface area contributed by atoms with Crippen LogP contribution in [-0.2, 0) is 34.5 Å². The molecule has 10 heteroatoms. The molecule has 1 aromatic heterocycles. The lowest BCUT2D eigenvalue weighted by atomic mass is 9.71. The van der Waals surface area contributed by atoms with Crippen molar-refractivity contribution in [3.05, 3.63) is 70.6 Å². The summed E-state index contributed by atoms with van der Waals surface area (Å²) in [4.78, 5) is 33.2. The van der Waals surface area contributed by atoms with Crippen LogP contribution in [0.25, 0.3) is 11.1 Å². The lowest BCUT2D eigenvalue weighted by Gasteiger charge is -2.32. The topological polar surface area (TPSA) is 111 Å². The van der Waals surface area contributed by atoms with Gasteiger partial charge in [-0.2, -0.15) is 0 Å². The van der Waals surface area contributed by atoms with Gasteiger partial charge in [0, 0.05) is 31.7 Å². The number of thiophene rings is 1. The van der Waals surface area contributed by atoms with Crippen LogP contribution in [-0.4, -0.2) is 32.1 Å². The first-order valence-corrected chi connectivity index (χ1v) is 16.2. The van der Waals surface area contributed by atoms with Crippen molar-refractivity contribution in [1.82, 2.24) is 5.48 Å². The first kappa shape index (κ1) is 30.6. The standard InChI is InChI=1S/C31H36N2O6S2/c1-6-14-31(15-7-2)27-18-23(29(33-39-22(5)35)17-20(3)32-38-21(4)34)10-12-25(27)26-13-11-24(19-28(26)31)41(36,37)30-9-8-16-40-30/h8-13,16,18-20,32H,6-7,14-15,17H2,1-5H3/b33-29+. The molecular weight excluding hydrogens is 560 g/mol. The van der Waals surface area contributed by atoms with Crippen LogP contribution >= 0.6 is 11.3 Å². The Hall–Kier alpha value is -3.34. The van der Waals surface area contributed by atoms with Gasteiger partial charge in [-0.15, -0.1) is 16.8 Å². The minimum atomic E-state index is -3.64. The summed E-state index contributed by atoms with van der Waals surface area (Å²) in [5.41, 5.74) is 7.82. The Kier molecular flexibility index (Phi) is 9.46. The number of rotatable bonds is 12. The highest BCUT2D eigenvalue weighted by molar-refractivity contribution is 7.93. The normalized spacial score (nSPS) is 14.7. The molecule has 0 aliphatic heterocycles. The Morgan fingerprint density at radius 2 is 1.63 bits per heavy atom. The summed E-state index contributed by atoms with van der Waals surface area (Å²) < 4.78 is 27.3. The van der Waals surface area contributed by atoms with Crippen LogP contribution in [0.2, 0.25) is 0 Å². The third-order valence-electron chi connectivity index (χ3n) is 7.28. The maximum Gasteiger partial charge on any atom is 0.331 e. The SMILES string of the molecule is CCCC1(CCC)c2cc(/C(CC(C)NOC(C)=O)=N/OC(C)=O)ccc2-c2ccc(S(=O)(=O)c3cccs3)cc21. The van der Waals surface area contributed by atoms with E-state index in [1.54, 1.807) is 23.6 Å². The van der Waals surface area contributed by atoms with Gasteiger partial charge in [-0.1, -0.05) is 56.1 Å². The number of carbonyl (C=O) groups is 2. The minimum absolute atomic E-state index is 0.297. The molecule has 0 fully saturated rings. The highest BCUT2D eigenvalue weighted by Gasteiger charge is 2.43. The van der Waals surface area contributed by atoms with Gasteiger partial charge >= 0.3 is 11.9 Å². The molecule has 4 rings (SSSR count). The van der Waals surface area contributed by atoms with Gasteiger partial charge in [0.15, 0.2) is 0 Å². The first-order chi connectivity index (χ1) is 19.5. The number of oxime groups is 1. The van der Waals surface area contributed by atoms with Crippen molar-refractivity contribution in [1.29, 1.82) is 0 Å². The van der Waals surface area contributed by atoms with E-state index in [2.05, 4.69) is 30.5 Å². The van der Waals surface area contributed by atoms with E-state index in [1.165, 1.54) is 25.2 Å². The predicted molar refractivity (Wildman–Crippen MR) is 160 cm³/mol. The zero-order valence-corrected chi connectivity index (χ0v) is 25.7. The number of hydrogen-bond acceptors (Lipinski definition) is 9. The fourth-order valence-corrected chi connectivity index (χ4v) is 8.13. The van der Waals surface area contributed by atoms with E-state index in [4.69, 9.17) is 9.68 Å². The molecule has 1 atom stereocenters. The molecule has 1 N–H and O–H groups in total. The van der Waals surface area contributed by atoms with Gasteiger partial charge in [-0.3, -0.25) is 4.79 Å². The van der Waals surface area contributed by atoms with Crippen LogP contribution in [0.15, 0.2) is 68.2 Å². The van der Waals surface area contributed by atoms with E-state index < -0.39 is 21.8 Å². The number of hydrogen-bond donors (Lipinski definition) is 1. The lowest BCUT2D eigenvalue weighted by molar-refractivity contribution is -0.149. The van der Waals surface area contributed by atoms with Crippen molar-refractivity contribution < 1.29 is 27.7 Å². The molecule has 0 spiro atoms. The van der Waals surface area contributed by atoms with Gasteiger partial charge in [0.1, 0.15) is 4.21 Å². The van der Waals surface area contributed by atoms with Gasteiger partial charge in [-0.25, -0.2) is 13.2 Å². The van der Waals surface area contributed by atoms with Crippen LogP contribution in [0, 0.1) is 0 Å². The zero-order chi connectivity index (χ0) is 29.8. The summed E-state index contributed by atoms with van der Waals surface area (Å²) in [6.07, 6.45) is 3.82. The molecule has 0 saturated heterocycles. The second kappa shape index (κ2) is 12.7. The summed E-state index contributed by atoms with van der Waals surface area (Å²) in [5, 5.41) is 5.93. The van der Waals surface area contributed by atoms with Crippen molar-refractivity contribution in [2.24, 2.45) is 5.16 Å². The maximum absolute atomic E-state index is 13.5. The molecule has 2 aromatic carbocycles. The summed E-state index contributed by atoms with van der Waals surface area (Å²) in [6, 6.07) is 14.7. The second-order valence-electron chi connectivity index (χ2n) is 10.4. The molecule has 1 aliphatic rings.